The Balaban J connectivity index is 1.98. The average molecular weight is 418 g/mol. The number of carbonyl (C=O) groups excluding carboxylic acids is 3. The lowest BCUT2D eigenvalue weighted by Crippen LogP contribution is -2.51. The summed E-state index contributed by atoms with van der Waals surface area (Å²) in [4.78, 5) is 38.7. The third-order valence-electron chi connectivity index (χ3n) is 5.00. The number of Topliss-reactive ketones (excluding diaryl/α,β-unsaturated/α-hetero) is 1. The summed E-state index contributed by atoms with van der Waals surface area (Å²) in [6.45, 7) is 8.58. The molecular formula is C23H35N3O4. The van der Waals surface area contributed by atoms with Gasteiger partial charge in [0, 0.05) is 20.0 Å². The summed E-state index contributed by atoms with van der Waals surface area (Å²) in [6, 6.07) is 7.43. The van der Waals surface area contributed by atoms with Gasteiger partial charge in [-0.1, -0.05) is 29.8 Å². The zero-order valence-electron chi connectivity index (χ0n) is 18.8. The van der Waals surface area contributed by atoms with Crippen LogP contribution in [-0.4, -0.2) is 66.9 Å². The molecule has 0 aromatic heterocycles. The smallest absolute Gasteiger partial charge is 0.326 e. The third-order valence-corrected chi connectivity index (χ3v) is 5.00. The van der Waals surface area contributed by atoms with Gasteiger partial charge in [-0.05, 0) is 52.6 Å². The minimum absolute atomic E-state index is 0.0482. The van der Waals surface area contributed by atoms with Crippen molar-refractivity contribution in [2.24, 2.45) is 0 Å². The van der Waals surface area contributed by atoms with E-state index in [4.69, 9.17) is 4.74 Å². The fourth-order valence-electron chi connectivity index (χ4n) is 3.23. The molecule has 2 N–H and O–H groups in total. The van der Waals surface area contributed by atoms with Crippen LogP contribution in [0.5, 0.6) is 0 Å². The highest BCUT2D eigenvalue weighted by Crippen LogP contribution is 2.11. The van der Waals surface area contributed by atoms with E-state index >= 15 is 0 Å². The minimum Gasteiger partial charge on any atom is -0.459 e. The van der Waals surface area contributed by atoms with Gasteiger partial charge in [0.1, 0.15) is 12.1 Å². The molecule has 1 aromatic carbocycles. The molecular weight excluding hydrogens is 382 g/mol. The van der Waals surface area contributed by atoms with Crippen molar-refractivity contribution >= 4 is 17.7 Å². The molecule has 0 aliphatic carbocycles. The number of hydrogen-bond donors (Lipinski definition) is 2. The number of aryl methyl sites for hydroxylation is 1. The third kappa shape index (κ3) is 7.88. The Kier molecular flexibility index (Phi) is 8.55. The molecule has 7 nitrogen and oxygen atoms in total. The normalized spacial score (nSPS) is 17.0. The summed E-state index contributed by atoms with van der Waals surface area (Å²) < 4.78 is 5.32. The maximum Gasteiger partial charge on any atom is 0.326 e. The Morgan fingerprint density at radius 2 is 1.87 bits per heavy atom. The Morgan fingerprint density at radius 1 is 1.23 bits per heavy atom. The molecule has 1 aliphatic rings. The Morgan fingerprint density at radius 3 is 2.40 bits per heavy atom. The van der Waals surface area contributed by atoms with Gasteiger partial charge in [-0.2, -0.15) is 0 Å². The molecule has 0 radical (unpaired) electrons. The fourth-order valence-corrected chi connectivity index (χ4v) is 3.23. The van der Waals surface area contributed by atoms with Crippen molar-refractivity contribution in [1.29, 1.82) is 0 Å². The number of likely N-dealkylation sites (N-methyl/N-ethyl adjacent to an activating group) is 1. The molecule has 1 fully saturated rings. The monoisotopic (exact) mass is 417 g/mol. The average Bonchev–Trinajstić information content (AvgIpc) is 2.58. The predicted octanol–water partition coefficient (Wildman–Crippen LogP) is 1.62. The van der Waals surface area contributed by atoms with Crippen LogP contribution in [0.3, 0.4) is 0 Å². The molecule has 1 amide bonds. The van der Waals surface area contributed by atoms with Crippen LogP contribution in [0, 0.1) is 6.92 Å². The second-order valence-corrected chi connectivity index (χ2v) is 8.99. The fraction of sp³-hybridized carbons (Fsp3) is 0.609. The molecule has 1 aliphatic heterocycles. The van der Waals surface area contributed by atoms with Crippen molar-refractivity contribution in [1.82, 2.24) is 15.5 Å². The molecule has 0 saturated carbocycles. The van der Waals surface area contributed by atoms with E-state index in [9.17, 15) is 14.4 Å². The van der Waals surface area contributed by atoms with Gasteiger partial charge in [-0.3, -0.25) is 14.4 Å². The van der Waals surface area contributed by atoms with Gasteiger partial charge in [-0.25, -0.2) is 0 Å². The van der Waals surface area contributed by atoms with E-state index in [2.05, 4.69) is 10.6 Å². The standard InChI is InChI=1S/C23H35N3O4/c1-16-6-8-17(9-7-16)14-19(25-13-11-20(27)18-10-12-24-18)22(29)26(5)15-21(28)30-23(2,3)4/h6-9,18-19,24-25H,10-15H2,1-5H3/t18-,19-/m0/s1. The van der Waals surface area contributed by atoms with Crippen molar-refractivity contribution in [2.45, 2.75) is 64.6 Å². The van der Waals surface area contributed by atoms with Gasteiger partial charge in [0.2, 0.25) is 5.91 Å². The zero-order valence-corrected chi connectivity index (χ0v) is 18.8. The minimum atomic E-state index is -0.601. The number of esters is 1. The van der Waals surface area contributed by atoms with Crippen LogP contribution in [0.15, 0.2) is 24.3 Å². The zero-order chi connectivity index (χ0) is 22.3. The summed E-state index contributed by atoms with van der Waals surface area (Å²) >= 11 is 0. The molecule has 2 rings (SSSR count). The van der Waals surface area contributed by atoms with Crippen molar-refractivity contribution in [3.63, 3.8) is 0 Å². The summed E-state index contributed by atoms with van der Waals surface area (Å²) in [5.41, 5.74) is 1.57. The molecule has 0 unspecified atom stereocenters. The lowest BCUT2D eigenvalue weighted by molar-refractivity contribution is -0.158. The number of amides is 1. The van der Waals surface area contributed by atoms with Crippen LogP contribution in [0.1, 0.15) is 44.7 Å². The second kappa shape index (κ2) is 10.7. The number of nitrogens with zero attached hydrogens (tertiary/aromatic N) is 1. The molecule has 1 heterocycles. The number of nitrogens with one attached hydrogen (secondary N) is 2. The highest BCUT2D eigenvalue weighted by molar-refractivity contribution is 5.86. The number of carbonyl (C=O) groups is 3. The largest absolute Gasteiger partial charge is 0.459 e. The van der Waals surface area contributed by atoms with E-state index in [1.807, 2.05) is 31.2 Å². The summed E-state index contributed by atoms with van der Waals surface area (Å²) in [5.74, 6) is -0.480. The number of rotatable bonds is 10. The number of ether oxygens (including phenoxy) is 1. The van der Waals surface area contributed by atoms with Gasteiger partial charge >= 0.3 is 5.97 Å². The van der Waals surface area contributed by atoms with E-state index < -0.39 is 17.6 Å². The quantitative estimate of drug-likeness (QED) is 0.563. The van der Waals surface area contributed by atoms with Crippen molar-refractivity contribution in [3.05, 3.63) is 35.4 Å². The Bertz CT molecular complexity index is 736. The van der Waals surface area contributed by atoms with Crippen LogP contribution >= 0.6 is 0 Å². The number of ketones is 1. The van der Waals surface area contributed by atoms with Crippen molar-refractivity contribution in [3.8, 4) is 0 Å². The summed E-state index contributed by atoms with van der Waals surface area (Å²) in [6.07, 6.45) is 1.72. The number of hydrogen-bond acceptors (Lipinski definition) is 6. The maximum atomic E-state index is 13.1. The van der Waals surface area contributed by atoms with Gasteiger partial charge in [0.05, 0.1) is 12.1 Å². The first-order chi connectivity index (χ1) is 14.0. The molecule has 166 valence electrons. The number of benzene rings is 1. The summed E-state index contributed by atoms with van der Waals surface area (Å²) in [7, 11) is 1.60. The van der Waals surface area contributed by atoms with Gasteiger partial charge in [-0.15, -0.1) is 0 Å². The predicted molar refractivity (Wildman–Crippen MR) is 116 cm³/mol. The highest BCUT2D eigenvalue weighted by Gasteiger charge is 2.27. The molecule has 0 bridgehead atoms. The van der Waals surface area contributed by atoms with Gasteiger partial charge in [0.15, 0.2) is 5.78 Å². The molecule has 0 spiro atoms. The first-order valence-electron chi connectivity index (χ1n) is 10.6. The molecule has 1 aromatic rings. The lowest BCUT2D eigenvalue weighted by Gasteiger charge is -2.28. The van der Waals surface area contributed by atoms with Crippen LogP contribution in [0.25, 0.3) is 0 Å². The second-order valence-electron chi connectivity index (χ2n) is 8.99. The first kappa shape index (κ1) is 24.0. The molecule has 7 heteroatoms. The Labute approximate surface area is 179 Å². The van der Waals surface area contributed by atoms with Crippen LogP contribution < -0.4 is 10.6 Å². The van der Waals surface area contributed by atoms with Crippen molar-refractivity contribution in [2.75, 3.05) is 26.7 Å². The molecule has 1 saturated heterocycles. The van der Waals surface area contributed by atoms with Crippen molar-refractivity contribution < 1.29 is 19.1 Å². The van der Waals surface area contributed by atoms with Gasteiger partial charge < -0.3 is 20.3 Å². The van der Waals surface area contributed by atoms with Crippen LogP contribution in [0.2, 0.25) is 0 Å². The molecule has 30 heavy (non-hydrogen) atoms. The van der Waals surface area contributed by atoms with E-state index in [1.165, 1.54) is 4.90 Å². The van der Waals surface area contributed by atoms with E-state index in [1.54, 1.807) is 27.8 Å². The maximum absolute atomic E-state index is 13.1. The van der Waals surface area contributed by atoms with Crippen LogP contribution in [0.4, 0.5) is 0 Å². The SMILES string of the molecule is Cc1ccc(C[C@H](NCCC(=O)[C@@H]2CCN2)C(=O)N(C)CC(=O)OC(C)(C)C)cc1. The summed E-state index contributed by atoms with van der Waals surface area (Å²) in [5, 5.41) is 6.33. The van der Waals surface area contributed by atoms with E-state index in [0.717, 1.165) is 24.1 Å². The molecule has 2 atom stereocenters. The highest BCUT2D eigenvalue weighted by atomic mass is 16.6. The lowest BCUT2D eigenvalue weighted by atomic mass is 9.99. The first-order valence-corrected chi connectivity index (χ1v) is 10.6. The van der Waals surface area contributed by atoms with E-state index in [-0.39, 0.29) is 24.3 Å². The van der Waals surface area contributed by atoms with Gasteiger partial charge in [0.25, 0.3) is 0 Å². The van der Waals surface area contributed by atoms with Crippen LogP contribution in [-0.2, 0) is 25.5 Å². The topological polar surface area (TPSA) is 87.7 Å². The van der Waals surface area contributed by atoms with E-state index in [0.29, 0.717) is 19.4 Å². The Hall–Kier alpha value is -2.25.